The number of ether oxygens (including phenoxy) is 1. The van der Waals surface area contributed by atoms with Crippen molar-refractivity contribution in [2.75, 3.05) is 6.54 Å². The molecule has 1 aliphatic heterocycles. The summed E-state index contributed by atoms with van der Waals surface area (Å²) in [6, 6.07) is 8.19. The molecule has 1 aliphatic rings. The fourth-order valence-corrected chi connectivity index (χ4v) is 2.40. The van der Waals surface area contributed by atoms with Crippen molar-refractivity contribution in [1.82, 2.24) is 4.90 Å². The Kier molecular flexibility index (Phi) is 3.72. The zero-order valence-corrected chi connectivity index (χ0v) is 11.8. The van der Waals surface area contributed by atoms with E-state index in [0.717, 1.165) is 10.5 Å². The Labute approximate surface area is 127 Å². The second kappa shape index (κ2) is 6.16. The molecular weight excluding hydrogens is 270 g/mol. The Balaban J connectivity index is 2.07. The van der Waals surface area contributed by atoms with E-state index in [1.54, 1.807) is 0 Å². The second-order valence-electron chi connectivity index (χ2n) is 5.56. The maximum absolute atomic E-state index is 12.3. The van der Waals surface area contributed by atoms with Crippen LogP contribution in [0.3, 0.4) is 0 Å². The first-order valence-corrected chi connectivity index (χ1v) is 6.80. The quantitative estimate of drug-likeness (QED) is 0.930. The summed E-state index contributed by atoms with van der Waals surface area (Å²) < 4.78 is 20.5. The van der Waals surface area contributed by atoms with E-state index in [0.29, 0.717) is 6.42 Å². The topological polar surface area (TPSA) is 66.8 Å². The Morgan fingerprint density at radius 2 is 2.14 bits per heavy atom. The van der Waals surface area contributed by atoms with Crippen LogP contribution in [0.1, 0.15) is 34.9 Å². The molecule has 1 unspecified atom stereocenters. The van der Waals surface area contributed by atoms with Crippen molar-refractivity contribution in [3.05, 3.63) is 35.9 Å². The third-order valence-electron chi connectivity index (χ3n) is 3.55. The van der Waals surface area contributed by atoms with E-state index in [1.807, 2.05) is 30.3 Å². The number of hydrogen-bond acceptors (Lipinski definition) is 3. The Hall–Kier alpha value is -2.04. The number of benzene rings is 1. The van der Waals surface area contributed by atoms with E-state index < -0.39 is 23.5 Å². The average molecular weight is 293 g/mol. The molecule has 1 fully saturated rings. The summed E-state index contributed by atoms with van der Waals surface area (Å²) in [4.78, 5) is 24.9. The van der Waals surface area contributed by atoms with Gasteiger partial charge < -0.3 is 9.84 Å². The predicted molar refractivity (Wildman–Crippen MR) is 77.8 cm³/mol. The van der Waals surface area contributed by atoms with Crippen LogP contribution in [0.15, 0.2) is 30.3 Å². The number of hydrogen-bond donors (Lipinski definition) is 1. The molecule has 0 bridgehead atoms. The molecule has 0 aliphatic carbocycles. The highest BCUT2D eigenvalue weighted by atomic mass is 16.6. The lowest BCUT2D eigenvalue weighted by molar-refractivity contribution is -0.145. The Bertz CT molecular complexity index is 548. The van der Waals surface area contributed by atoms with Gasteiger partial charge in [0.2, 0.25) is 0 Å². The highest BCUT2D eigenvalue weighted by Crippen LogP contribution is 2.32. The summed E-state index contributed by atoms with van der Waals surface area (Å²) in [6.07, 6.45) is -0.000289. The van der Waals surface area contributed by atoms with Crippen LogP contribution in [0.4, 0.5) is 4.79 Å². The van der Waals surface area contributed by atoms with Gasteiger partial charge in [-0.05, 0) is 23.8 Å². The summed E-state index contributed by atoms with van der Waals surface area (Å²) in [5, 5.41) is 9.32. The summed E-state index contributed by atoms with van der Waals surface area (Å²) in [7, 11) is 0. The van der Waals surface area contributed by atoms with Gasteiger partial charge in [0.25, 0.3) is 0 Å². The summed E-state index contributed by atoms with van der Waals surface area (Å²) >= 11 is 0. The molecular formula is C16H21NO4. The summed E-state index contributed by atoms with van der Waals surface area (Å²) in [5.41, 5.74) is 0.148. The zero-order chi connectivity index (χ0) is 16.9. The molecule has 5 nitrogen and oxygen atoms in total. The van der Waals surface area contributed by atoms with Gasteiger partial charge in [0.15, 0.2) is 0 Å². The number of likely N-dealkylation sites (tertiary alicyclic amines) is 1. The van der Waals surface area contributed by atoms with Gasteiger partial charge in [0.05, 0.1) is 0 Å². The lowest BCUT2D eigenvalue weighted by Gasteiger charge is -2.41. The molecule has 2 rings (SSSR count). The Morgan fingerprint density at radius 1 is 1.43 bits per heavy atom. The molecule has 1 aromatic rings. The number of carbonyl (C=O) groups excluding carboxylic acids is 1. The highest BCUT2D eigenvalue weighted by Gasteiger charge is 2.40. The molecule has 0 aromatic heterocycles. The third kappa shape index (κ3) is 3.97. The van der Waals surface area contributed by atoms with Crippen LogP contribution in [0, 0.1) is 5.41 Å². The van der Waals surface area contributed by atoms with E-state index in [2.05, 4.69) is 0 Å². The maximum atomic E-state index is 12.3. The molecule has 0 saturated carbocycles. The number of amides is 1. The van der Waals surface area contributed by atoms with Crippen LogP contribution in [0.2, 0.25) is 0 Å². The van der Waals surface area contributed by atoms with Crippen LogP contribution < -0.4 is 0 Å². The fraction of sp³-hybridized carbons (Fsp3) is 0.500. The highest BCUT2D eigenvalue weighted by molar-refractivity contribution is 5.80. The molecule has 1 N–H and O–H groups in total. The number of piperidine rings is 1. The van der Waals surface area contributed by atoms with Crippen LogP contribution >= 0.6 is 0 Å². The molecule has 1 saturated heterocycles. The second-order valence-corrected chi connectivity index (χ2v) is 5.56. The van der Waals surface area contributed by atoms with Crippen molar-refractivity contribution in [2.45, 2.75) is 39.3 Å². The largest absolute Gasteiger partial charge is 0.480 e. The van der Waals surface area contributed by atoms with Crippen molar-refractivity contribution in [3.63, 3.8) is 0 Å². The smallest absolute Gasteiger partial charge is 0.410 e. The molecule has 21 heavy (non-hydrogen) atoms. The number of rotatable bonds is 3. The van der Waals surface area contributed by atoms with Crippen molar-refractivity contribution < 1.29 is 22.2 Å². The van der Waals surface area contributed by atoms with Gasteiger partial charge in [-0.15, -0.1) is 0 Å². The molecule has 1 atom stereocenters. The van der Waals surface area contributed by atoms with Gasteiger partial charge in [0.1, 0.15) is 12.6 Å². The molecule has 1 aromatic carbocycles. The first kappa shape index (κ1) is 12.7. The van der Waals surface area contributed by atoms with Gasteiger partial charge in [-0.3, -0.25) is 4.90 Å². The maximum Gasteiger partial charge on any atom is 0.410 e. The summed E-state index contributed by atoms with van der Waals surface area (Å²) in [5.74, 6) is -1.08. The fourth-order valence-electron chi connectivity index (χ4n) is 2.40. The number of carboxylic acids is 1. The third-order valence-corrected chi connectivity index (χ3v) is 3.55. The van der Waals surface area contributed by atoms with Crippen LogP contribution in [-0.4, -0.2) is 34.7 Å². The van der Waals surface area contributed by atoms with E-state index in [9.17, 15) is 14.7 Å². The Morgan fingerprint density at radius 3 is 2.76 bits per heavy atom. The molecule has 0 spiro atoms. The van der Waals surface area contributed by atoms with Crippen molar-refractivity contribution in [2.24, 2.45) is 5.41 Å². The number of carbonyl (C=O) groups is 2. The minimum Gasteiger partial charge on any atom is -0.480 e. The lowest BCUT2D eigenvalue weighted by atomic mass is 9.81. The first-order valence-electron chi connectivity index (χ1n) is 8.21. The van der Waals surface area contributed by atoms with Crippen LogP contribution in [0.5, 0.6) is 0 Å². The van der Waals surface area contributed by atoms with Crippen LogP contribution in [-0.2, 0) is 16.1 Å². The number of aliphatic carboxylic acids is 1. The number of carboxylic acid groups (broad SMARTS) is 1. The van der Waals surface area contributed by atoms with Gasteiger partial charge in [0, 0.05) is 9.29 Å². The van der Waals surface area contributed by atoms with E-state index in [-0.39, 0.29) is 33.4 Å². The normalized spacial score (nSPS) is 22.1. The SMILES string of the molecule is [2H]CC1(C[2H])CCC(C(=O)O)N(C(=O)OCc2ccccc2)C1. The summed E-state index contributed by atoms with van der Waals surface area (Å²) in [6.45, 7) is 0.123. The van der Waals surface area contributed by atoms with E-state index in [1.165, 1.54) is 0 Å². The number of nitrogens with zero attached hydrogens (tertiary/aromatic N) is 1. The molecule has 1 heterocycles. The minimum atomic E-state index is -1.08. The molecule has 1 amide bonds. The first-order chi connectivity index (χ1) is 11.0. The standard InChI is InChI=1S/C16H21NO4/c1-16(2)9-8-13(14(18)19)17(11-16)15(20)21-10-12-6-4-3-5-7-12/h3-7,13H,8-11H2,1-2H3,(H,18,19)/i1D,2D. The van der Waals surface area contributed by atoms with Crippen molar-refractivity contribution in [3.8, 4) is 0 Å². The zero-order valence-electron chi connectivity index (χ0n) is 13.8. The van der Waals surface area contributed by atoms with Gasteiger partial charge in [-0.25, -0.2) is 9.59 Å². The van der Waals surface area contributed by atoms with E-state index >= 15 is 0 Å². The monoisotopic (exact) mass is 293 g/mol. The van der Waals surface area contributed by atoms with Gasteiger partial charge in [-0.2, -0.15) is 0 Å². The average Bonchev–Trinajstić information content (AvgIpc) is 2.59. The minimum absolute atomic E-state index is 0.00863. The predicted octanol–water partition coefficient (Wildman–Crippen LogP) is 2.90. The van der Waals surface area contributed by atoms with E-state index in [4.69, 9.17) is 7.48 Å². The van der Waals surface area contributed by atoms with Crippen LogP contribution in [0.25, 0.3) is 0 Å². The molecule has 5 heteroatoms. The molecule has 0 radical (unpaired) electrons. The van der Waals surface area contributed by atoms with Crippen molar-refractivity contribution in [1.29, 1.82) is 0 Å². The van der Waals surface area contributed by atoms with Crippen molar-refractivity contribution >= 4 is 12.1 Å². The van der Waals surface area contributed by atoms with Gasteiger partial charge in [-0.1, -0.05) is 44.1 Å². The molecule has 114 valence electrons. The lowest BCUT2D eigenvalue weighted by Crippen LogP contribution is -2.53. The van der Waals surface area contributed by atoms with Gasteiger partial charge >= 0.3 is 12.1 Å².